The Hall–Kier alpha value is -1.02. The van der Waals surface area contributed by atoms with Gasteiger partial charge in [-0.25, -0.2) is 0 Å². The van der Waals surface area contributed by atoms with E-state index in [9.17, 15) is 0 Å². The lowest BCUT2D eigenvalue weighted by Crippen LogP contribution is -2.56. The Labute approximate surface area is 161 Å². The van der Waals surface area contributed by atoms with Crippen LogP contribution in [0.15, 0.2) is 48.6 Å². The maximum atomic E-state index is 2.64. The molecule has 0 unspecified atom stereocenters. The van der Waals surface area contributed by atoms with Gasteiger partial charge in [0.1, 0.15) is 0 Å². The summed E-state index contributed by atoms with van der Waals surface area (Å²) in [7, 11) is 0. The molecule has 4 rings (SSSR count). The summed E-state index contributed by atoms with van der Waals surface area (Å²) in [5.41, 5.74) is 0. The standard InChI is InChI=1S/C24H26BN/c1-17(2)26(18(3)4)25(19-11-5-6-12-19)24-22-15-9-7-13-20(22)21-14-8-10-16-23(21)24/h5-18H,1-4H3. The van der Waals surface area contributed by atoms with E-state index in [1.54, 1.807) is 0 Å². The van der Waals surface area contributed by atoms with Crippen molar-refractivity contribution in [3.8, 4) is 0 Å². The molecule has 2 saturated carbocycles. The van der Waals surface area contributed by atoms with Gasteiger partial charge in [0, 0.05) is 23.7 Å². The van der Waals surface area contributed by atoms with Gasteiger partial charge in [-0.05, 0) is 49.4 Å². The summed E-state index contributed by atoms with van der Waals surface area (Å²) < 4.78 is 0. The SMILES string of the molecule is CC(C)N(B([C]1[CH][CH][CH][CH]1)[C]1[C]2C=CC=C[C]2[C]2C=CC=C[C]21)C(C)C. The van der Waals surface area contributed by atoms with Crippen molar-refractivity contribution in [1.29, 1.82) is 0 Å². The molecule has 10 radical (unpaired) electrons. The molecule has 130 valence electrons. The number of fused-ring (bicyclic) bond motifs is 3. The van der Waals surface area contributed by atoms with Crippen LogP contribution in [0.25, 0.3) is 0 Å². The fraction of sp³-hybridized carbons (Fsp3) is 0.250. The van der Waals surface area contributed by atoms with E-state index in [1.807, 2.05) is 0 Å². The third kappa shape index (κ3) is 3.09. The largest absolute Gasteiger partial charge is 0.337 e. The highest BCUT2D eigenvalue weighted by atomic mass is 15.1. The molecule has 2 fully saturated rings. The Bertz CT molecular complexity index is 566. The Morgan fingerprint density at radius 3 is 1.50 bits per heavy atom. The molecule has 0 atom stereocenters. The number of allylic oxidation sites excluding steroid dienone is 8. The molecule has 26 heavy (non-hydrogen) atoms. The number of nitrogens with zero attached hydrogens (tertiary/aromatic N) is 1. The van der Waals surface area contributed by atoms with Crippen molar-refractivity contribution in [2.75, 3.05) is 0 Å². The first-order chi connectivity index (χ1) is 12.6. The van der Waals surface area contributed by atoms with E-state index < -0.39 is 0 Å². The zero-order valence-electron chi connectivity index (χ0n) is 16.1. The lowest BCUT2D eigenvalue weighted by molar-refractivity contribution is 0.303. The molecule has 0 N–H and O–H groups in total. The van der Waals surface area contributed by atoms with Crippen LogP contribution in [-0.2, 0) is 0 Å². The highest BCUT2D eigenvalue weighted by molar-refractivity contribution is 6.71. The van der Waals surface area contributed by atoms with Crippen molar-refractivity contribution in [2.24, 2.45) is 0 Å². The summed E-state index contributed by atoms with van der Waals surface area (Å²) in [6.07, 6.45) is 26.6. The van der Waals surface area contributed by atoms with Crippen molar-refractivity contribution in [3.63, 3.8) is 0 Å². The van der Waals surface area contributed by atoms with E-state index in [4.69, 9.17) is 0 Å². The highest BCUT2D eigenvalue weighted by Crippen LogP contribution is 2.60. The Morgan fingerprint density at radius 2 is 1.08 bits per heavy atom. The third-order valence-electron chi connectivity index (χ3n) is 5.49. The van der Waals surface area contributed by atoms with Crippen molar-refractivity contribution in [3.05, 3.63) is 110 Å². The van der Waals surface area contributed by atoms with Gasteiger partial charge in [0.2, 0.25) is 6.85 Å². The molecule has 0 aromatic heterocycles. The second-order valence-corrected chi connectivity index (χ2v) is 7.76. The second kappa shape index (κ2) is 7.54. The first-order valence-electron chi connectivity index (χ1n) is 9.64. The summed E-state index contributed by atoms with van der Waals surface area (Å²) >= 11 is 0. The number of hydrogen-bond donors (Lipinski definition) is 0. The Kier molecular flexibility index (Phi) is 5.32. The fourth-order valence-corrected chi connectivity index (χ4v) is 4.60. The van der Waals surface area contributed by atoms with Gasteiger partial charge in [-0.2, -0.15) is 0 Å². The molecule has 0 saturated heterocycles. The van der Waals surface area contributed by atoms with Gasteiger partial charge in [-0.3, -0.25) is 0 Å². The lowest BCUT2D eigenvalue weighted by Gasteiger charge is -2.44. The summed E-state index contributed by atoms with van der Waals surface area (Å²) in [6, 6.07) is 0.921. The van der Waals surface area contributed by atoms with Crippen LogP contribution in [0.2, 0.25) is 0 Å². The molecule has 2 heteroatoms. The predicted octanol–water partition coefficient (Wildman–Crippen LogP) is 4.72. The van der Waals surface area contributed by atoms with Crippen LogP contribution in [0.1, 0.15) is 27.7 Å². The molecule has 0 aromatic rings. The van der Waals surface area contributed by atoms with Crippen molar-refractivity contribution in [1.82, 2.24) is 4.81 Å². The molecular weight excluding hydrogens is 313 g/mol. The van der Waals surface area contributed by atoms with Crippen LogP contribution in [0.3, 0.4) is 0 Å². The Balaban J connectivity index is 1.76. The number of hydrogen-bond acceptors (Lipinski definition) is 1. The summed E-state index contributed by atoms with van der Waals surface area (Å²) in [6.45, 7) is 9.49. The van der Waals surface area contributed by atoms with Gasteiger partial charge in [-0.1, -0.05) is 76.3 Å². The first-order valence-corrected chi connectivity index (χ1v) is 9.64. The van der Waals surface area contributed by atoms with Gasteiger partial charge >= 0.3 is 0 Å². The molecule has 0 heterocycles. The minimum atomic E-state index is 0.259. The molecule has 4 aliphatic carbocycles. The molecule has 0 aromatic carbocycles. The van der Waals surface area contributed by atoms with E-state index in [0.29, 0.717) is 12.1 Å². The highest BCUT2D eigenvalue weighted by Gasteiger charge is 2.57. The van der Waals surface area contributed by atoms with Crippen LogP contribution in [0.4, 0.5) is 0 Å². The van der Waals surface area contributed by atoms with Crippen molar-refractivity contribution < 1.29 is 0 Å². The quantitative estimate of drug-likeness (QED) is 0.655. The van der Waals surface area contributed by atoms with Gasteiger partial charge in [0.05, 0.1) is 0 Å². The van der Waals surface area contributed by atoms with Crippen LogP contribution in [-0.4, -0.2) is 23.7 Å². The van der Waals surface area contributed by atoms with Crippen molar-refractivity contribution >= 4 is 6.85 Å². The zero-order valence-corrected chi connectivity index (χ0v) is 16.1. The monoisotopic (exact) mass is 339 g/mol. The minimum absolute atomic E-state index is 0.259. The summed E-state index contributed by atoms with van der Waals surface area (Å²) in [5, 5.41) is 0. The van der Waals surface area contributed by atoms with Gasteiger partial charge in [0.25, 0.3) is 0 Å². The molecule has 4 aliphatic rings. The van der Waals surface area contributed by atoms with E-state index in [-0.39, 0.29) is 6.85 Å². The number of rotatable bonds is 5. The van der Waals surface area contributed by atoms with Crippen LogP contribution in [0, 0.1) is 61.0 Å². The van der Waals surface area contributed by atoms with E-state index in [1.165, 1.54) is 35.3 Å². The van der Waals surface area contributed by atoms with Crippen LogP contribution in [0.5, 0.6) is 0 Å². The van der Waals surface area contributed by atoms with Crippen LogP contribution >= 0.6 is 0 Å². The molecule has 0 spiro atoms. The normalized spacial score (nSPS) is 25.3. The zero-order chi connectivity index (χ0) is 18.3. The van der Waals surface area contributed by atoms with E-state index >= 15 is 0 Å². The van der Waals surface area contributed by atoms with E-state index in [0.717, 1.165) is 0 Å². The topological polar surface area (TPSA) is 3.24 Å². The summed E-state index contributed by atoms with van der Waals surface area (Å²) in [5.74, 6) is 8.32. The lowest BCUT2D eigenvalue weighted by atomic mass is 9.36. The summed E-state index contributed by atoms with van der Waals surface area (Å²) in [4.78, 5) is 2.64. The average Bonchev–Trinajstić information content (AvgIpc) is 3.26. The second-order valence-electron chi connectivity index (χ2n) is 7.76. The fourth-order valence-electron chi connectivity index (χ4n) is 4.60. The molecule has 0 aliphatic heterocycles. The molecule has 1 nitrogen and oxygen atoms in total. The average molecular weight is 339 g/mol. The minimum Gasteiger partial charge on any atom is -0.337 e. The molecule has 0 bridgehead atoms. The smallest absolute Gasteiger partial charge is 0.239 e. The third-order valence-corrected chi connectivity index (χ3v) is 5.49. The van der Waals surface area contributed by atoms with Gasteiger partial charge in [0.15, 0.2) is 0 Å². The van der Waals surface area contributed by atoms with Crippen LogP contribution < -0.4 is 0 Å². The maximum Gasteiger partial charge on any atom is 0.239 e. The van der Waals surface area contributed by atoms with Crippen molar-refractivity contribution in [2.45, 2.75) is 39.8 Å². The predicted molar refractivity (Wildman–Crippen MR) is 111 cm³/mol. The van der Waals surface area contributed by atoms with E-state index in [2.05, 4.69) is 107 Å². The van der Waals surface area contributed by atoms with Gasteiger partial charge in [-0.15, -0.1) is 0 Å². The Morgan fingerprint density at radius 1 is 0.654 bits per heavy atom. The first kappa shape index (κ1) is 18.4. The van der Waals surface area contributed by atoms with Gasteiger partial charge < -0.3 is 4.81 Å². The molecule has 0 amide bonds. The maximum absolute atomic E-state index is 2.64. The molecular formula is C24H26BN.